The van der Waals surface area contributed by atoms with Crippen molar-refractivity contribution in [3.05, 3.63) is 35.4 Å². The first kappa shape index (κ1) is 15.7. The van der Waals surface area contributed by atoms with E-state index in [1.165, 1.54) is 4.90 Å². The van der Waals surface area contributed by atoms with Gasteiger partial charge in [0.25, 0.3) is 5.91 Å². The number of primary amides is 1. The number of hydrogen-bond donors (Lipinski definition) is 2. The highest BCUT2D eigenvalue weighted by Gasteiger charge is 2.20. The highest BCUT2D eigenvalue weighted by Crippen LogP contribution is 2.09. The summed E-state index contributed by atoms with van der Waals surface area (Å²) in [6.07, 6.45) is 0. The zero-order valence-corrected chi connectivity index (χ0v) is 11.7. The third-order valence-corrected chi connectivity index (χ3v) is 2.68. The van der Waals surface area contributed by atoms with Crippen LogP contribution in [0.2, 0.25) is 0 Å². The van der Waals surface area contributed by atoms with Crippen LogP contribution in [0, 0.1) is 11.8 Å². The molecule has 0 saturated carbocycles. The van der Waals surface area contributed by atoms with Crippen LogP contribution in [0.3, 0.4) is 0 Å². The number of nitrogens with zero attached hydrogens (tertiary/aromatic N) is 1. The Morgan fingerprint density at radius 2 is 1.85 bits per heavy atom. The average molecular weight is 273 g/mol. The van der Waals surface area contributed by atoms with E-state index in [-0.39, 0.29) is 18.5 Å². The molecule has 0 aliphatic carbocycles. The second-order valence-corrected chi connectivity index (χ2v) is 4.58. The Hall–Kier alpha value is -2.32. The summed E-state index contributed by atoms with van der Waals surface area (Å²) in [5.74, 6) is 4.87. The zero-order chi connectivity index (χ0) is 15.1. The van der Waals surface area contributed by atoms with Crippen LogP contribution in [0.15, 0.2) is 24.3 Å². The number of hydrogen-bond acceptors (Lipinski definition) is 3. The molecule has 0 bridgehead atoms. The minimum absolute atomic E-state index is 0.0920. The Morgan fingerprint density at radius 1 is 1.25 bits per heavy atom. The van der Waals surface area contributed by atoms with Gasteiger partial charge in [0.05, 0.1) is 13.1 Å². The van der Waals surface area contributed by atoms with E-state index in [1.54, 1.807) is 24.3 Å². The first-order valence-corrected chi connectivity index (χ1v) is 6.34. The van der Waals surface area contributed by atoms with E-state index in [1.807, 2.05) is 13.8 Å². The van der Waals surface area contributed by atoms with Crippen LogP contribution in [-0.4, -0.2) is 35.8 Å². The van der Waals surface area contributed by atoms with Gasteiger partial charge in [0.2, 0.25) is 5.91 Å². The van der Waals surface area contributed by atoms with E-state index in [0.717, 1.165) is 5.56 Å². The van der Waals surface area contributed by atoms with Crippen molar-refractivity contribution in [3.63, 3.8) is 0 Å². The predicted octanol–water partition coefficient (Wildman–Crippen LogP) is 0.333. The van der Waals surface area contributed by atoms with Gasteiger partial charge in [0.15, 0.2) is 0 Å². The Bertz CT molecular complexity index is 538. The molecular formula is C15H19N3O2. The summed E-state index contributed by atoms with van der Waals surface area (Å²) in [6.45, 7) is 3.87. The molecule has 0 unspecified atom stereocenters. The van der Waals surface area contributed by atoms with Gasteiger partial charge in [-0.05, 0) is 38.1 Å². The summed E-state index contributed by atoms with van der Waals surface area (Å²) in [6, 6.07) is 6.75. The monoisotopic (exact) mass is 273 g/mol. The molecule has 1 rings (SSSR count). The van der Waals surface area contributed by atoms with Crippen LogP contribution in [0.4, 0.5) is 0 Å². The second kappa shape index (κ2) is 7.31. The Kier molecular flexibility index (Phi) is 5.75. The van der Waals surface area contributed by atoms with E-state index >= 15 is 0 Å². The molecule has 1 aromatic rings. The molecule has 0 saturated heterocycles. The number of benzene rings is 1. The summed E-state index contributed by atoms with van der Waals surface area (Å²) < 4.78 is 0. The number of rotatable bonds is 4. The first-order valence-electron chi connectivity index (χ1n) is 6.34. The van der Waals surface area contributed by atoms with E-state index in [0.29, 0.717) is 12.1 Å². The lowest BCUT2D eigenvalue weighted by atomic mass is 10.1. The smallest absolute Gasteiger partial charge is 0.254 e. The lowest BCUT2D eigenvalue weighted by Gasteiger charge is -2.25. The first-order chi connectivity index (χ1) is 9.45. The fraction of sp³-hybridized carbons (Fsp3) is 0.333. The molecule has 0 aliphatic rings. The maximum Gasteiger partial charge on any atom is 0.254 e. The molecule has 1 aromatic carbocycles. The summed E-state index contributed by atoms with van der Waals surface area (Å²) in [5, 5.41) is 0. The average Bonchev–Trinajstić information content (AvgIpc) is 2.42. The normalized spacial score (nSPS) is 9.80. The Balaban J connectivity index is 2.92. The fourth-order valence-electron chi connectivity index (χ4n) is 1.67. The summed E-state index contributed by atoms with van der Waals surface area (Å²) >= 11 is 0. The minimum Gasteiger partial charge on any atom is -0.368 e. The molecular weight excluding hydrogens is 254 g/mol. The lowest BCUT2D eigenvalue weighted by Crippen LogP contribution is -2.42. The Labute approximate surface area is 118 Å². The number of carbonyl (C=O) groups is 2. The van der Waals surface area contributed by atoms with Crippen molar-refractivity contribution >= 4 is 11.8 Å². The van der Waals surface area contributed by atoms with Crippen molar-refractivity contribution in [1.29, 1.82) is 0 Å². The maximum absolute atomic E-state index is 12.3. The van der Waals surface area contributed by atoms with Crippen LogP contribution in [0.1, 0.15) is 29.8 Å². The van der Waals surface area contributed by atoms with Gasteiger partial charge in [0, 0.05) is 17.2 Å². The lowest BCUT2D eigenvalue weighted by molar-refractivity contribution is -0.119. The van der Waals surface area contributed by atoms with Crippen molar-refractivity contribution in [2.24, 2.45) is 11.5 Å². The molecule has 0 radical (unpaired) electrons. The summed E-state index contributed by atoms with van der Waals surface area (Å²) in [7, 11) is 0. The molecule has 0 spiro atoms. The Morgan fingerprint density at radius 3 is 2.30 bits per heavy atom. The quantitative estimate of drug-likeness (QED) is 0.775. The maximum atomic E-state index is 12.3. The van der Waals surface area contributed by atoms with Gasteiger partial charge < -0.3 is 16.4 Å². The van der Waals surface area contributed by atoms with Gasteiger partial charge in [-0.15, -0.1) is 0 Å². The molecule has 0 heterocycles. The molecule has 106 valence electrons. The van der Waals surface area contributed by atoms with E-state index in [2.05, 4.69) is 11.8 Å². The third-order valence-electron chi connectivity index (χ3n) is 2.68. The molecule has 4 N–H and O–H groups in total. The van der Waals surface area contributed by atoms with Gasteiger partial charge in [-0.2, -0.15) is 0 Å². The van der Waals surface area contributed by atoms with E-state index in [9.17, 15) is 9.59 Å². The molecule has 0 aliphatic heterocycles. The second-order valence-electron chi connectivity index (χ2n) is 4.58. The molecule has 5 heteroatoms. The third kappa shape index (κ3) is 4.41. The fourth-order valence-corrected chi connectivity index (χ4v) is 1.67. The molecule has 20 heavy (non-hydrogen) atoms. The SMILES string of the molecule is CC(C)N(CC(N)=O)C(=O)c1ccc(C#CCN)cc1. The van der Waals surface area contributed by atoms with Crippen LogP contribution in [0.5, 0.6) is 0 Å². The van der Waals surface area contributed by atoms with Crippen LogP contribution >= 0.6 is 0 Å². The van der Waals surface area contributed by atoms with Crippen molar-refractivity contribution < 1.29 is 9.59 Å². The van der Waals surface area contributed by atoms with Gasteiger partial charge in [-0.1, -0.05) is 11.8 Å². The predicted molar refractivity (Wildman–Crippen MR) is 77.7 cm³/mol. The summed E-state index contributed by atoms with van der Waals surface area (Å²) in [4.78, 5) is 24.8. The van der Waals surface area contributed by atoms with Gasteiger partial charge >= 0.3 is 0 Å². The van der Waals surface area contributed by atoms with Gasteiger partial charge in [-0.3, -0.25) is 9.59 Å². The van der Waals surface area contributed by atoms with E-state index < -0.39 is 5.91 Å². The van der Waals surface area contributed by atoms with Crippen molar-refractivity contribution in [3.8, 4) is 11.8 Å². The topological polar surface area (TPSA) is 89.4 Å². The van der Waals surface area contributed by atoms with Gasteiger partial charge in [-0.25, -0.2) is 0 Å². The largest absolute Gasteiger partial charge is 0.368 e. The van der Waals surface area contributed by atoms with Gasteiger partial charge in [0.1, 0.15) is 0 Å². The zero-order valence-electron chi connectivity index (χ0n) is 11.7. The number of nitrogens with two attached hydrogens (primary N) is 2. The van der Waals surface area contributed by atoms with Crippen molar-refractivity contribution in [2.75, 3.05) is 13.1 Å². The highest BCUT2D eigenvalue weighted by atomic mass is 16.2. The number of carbonyl (C=O) groups excluding carboxylic acids is 2. The molecule has 2 amide bonds. The summed E-state index contributed by atoms with van der Waals surface area (Å²) in [5.41, 5.74) is 11.7. The molecule has 0 aromatic heterocycles. The molecule has 0 fully saturated rings. The van der Waals surface area contributed by atoms with Crippen LogP contribution in [-0.2, 0) is 4.79 Å². The van der Waals surface area contributed by atoms with Crippen LogP contribution in [0.25, 0.3) is 0 Å². The molecule has 5 nitrogen and oxygen atoms in total. The van der Waals surface area contributed by atoms with Crippen molar-refractivity contribution in [2.45, 2.75) is 19.9 Å². The minimum atomic E-state index is -0.530. The number of amides is 2. The molecule has 0 atom stereocenters. The standard InChI is InChI=1S/C15H19N3O2/c1-11(2)18(10-14(17)19)15(20)13-7-5-12(6-8-13)4-3-9-16/h5-8,11H,9-10,16H2,1-2H3,(H2,17,19). The van der Waals surface area contributed by atoms with Crippen molar-refractivity contribution in [1.82, 2.24) is 4.90 Å². The van der Waals surface area contributed by atoms with Crippen LogP contribution < -0.4 is 11.5 Å². The van der Waals surface area contributed by atoms with E-state index in [4.69, 9.17) is 11.5 Å². The highest BCUT2D eigenvalue weighted by molar-refractivity contribution is 5.96.